The number of amides is 2. The van der Waals surface area contributed by atoms with E-state index in [4.69, 9.17) is 4.74 Å². The van der Waals surface area contributed by atoms with Gasteiger partial charge >= 0.3 is 5.97 Å². The van der Waals surface area contributed by atoms with Crippen molar-refractivity contribution in [3.63, 3.8) is 0 Å². The van der Waals surface area contributed by atoms with Crippen molar-refractivity contribution >= 4 is 17.8 Å². The molecule has 0 aromatic rings. The molecule has 0 aromatic heterocycles. The van der Waals surface area contributed by atoms with Gasteiger partial charge in [0, 0.05) is 13.0 Å². The van der Waals surface area contributed by atoms with Crippen LogP contribution in [0.5, 0.6) is 0 Å². The van der Waals surface area contributed by atoms with Crippen LogP contribution in [-0.2, 0) is 19.1 Å². The van der Waals surface area contributed by atoms with Gasteiger partial charge in [0.2, 0.25) is 5.91 Å². The molecule has 3 aliphatic rings. The van der Waals surface area contributed by atoms with Crippen molar-refractivity contribution in [3.05, 3.63) is 0 Å². The normalized spacial score (nSPS) is 32.5. The van der Waals surface area contributed by atoms with Gasteiger partial charge in [-0.25, -0.2) is 0 Å². The average Bonchev–Trinajstić information content (AvgIpc) is 3.11. The van der Waals surface area contributed by atoms with Gasteiger partial charge in [-0.3, -0.25) is 19.3 Å². The summed E-state index contributed by atoms with van der Waals surface area (Å²) in [5.74, 6) is 1.66. The average molecular weight is 335 g/mol. The van der Waals surface area contributed by atoms with Gasteiger partial charge in [-0.15, -0.1) is 0 Å². The number of nitrogens with zero attached hydrogens (tertiary/aromatic N) is 1. The Balaban J connectivity index is 1.61. The molecular formula is C19H29NO4. The van der Waals surface area contributed by atoms with E-state index in [-0.39, 0.29) is 24.4 Å². The summed E-state index contributed by atoms with van der Waals surface area (Å²) >= 11 is 0. The van der Waals surface area contributed by atoms with E-state index in [1.54, 1.807) is 13.8 Å². The lowest BCUT2D eigenvalue weighted by Gasteiger charge is -2.31. The summed E-state index contributed by atoms with van der Waals surface area (Å²) in [6.45, 7) is 5.72. The number of hydrogen-bond donors (Lipinski definition) is 0. The quantitative estimate of drug-likeness (QED) is 0.741. The maximum absolute atomic E-state index is 12.5. The molecule has 24 heavy (non-hydrogen) atoms. The zero-order valence-corrected chi connectivity index (χ0v) is 15.0. The molecular weight excluding hydrogens is 306 g/mol. The van der Waals surface area contributed by atoms with Crippen LogP contribution in [0.3, 0.4) is 0 Å². The maximum Gasteiger partial charge on any atom is 0.312 e. The summed E-state index contributed by atoms with van der Waals surface area (Å²) in [6, 6.07) is 0. The van der Waals surface area contributed by atoms with Crippen molar-refractivity contribution in [2.45, 2.75) is 59.3 Å². The Bertz CT molecular complexity index is 541. The van der Waals surface area contributed by atoms with Gasteiger partial charge in [-0.2, -0.15) is 0 Å². The SMILES string of the molecule is CCC(C)(C)C(=O)OCC(=O)N1CC2C3CCC(C3)C2CCC1=O. The van der Waals surface area contributed by atoms with Crippen molar-refractivity contribution in [3.8, 4) is 0 Å². The van der Waals surface area contributed by atoms with Gasteiger partial charge in [0.15, 0.2) is 6.61 Å². The van der Waals surface area contributed by atoms with Crippen LogP contribution < -0.4 is 0 Å². The van der Waals surface area contributed by atoms with Gasteiger partial charge in [0.1, 0.15) is 0 Å². The largest absolute Gasteiger partial charge is 0.455 e. The van der Waals surface area contributed by atoms with E-state index in [9.17, 15) is 14.4 Å². The summed E-state index contributed by atoms with van der Waals surface area (Å²) in [5.41, 5.74) is -0.598. The molecule has 2 aliphatic carbocycles. The lowest BCUT2D eigenvalue weighted by molar-refractivity contribution is -0.162. The predicted molar refractivity (Wildman–Crippen MR) is 88.8 cm³/mol. The van der Waals surface area contributed by atoms with E-state index in [1.807, 2.05) is 6.92 Å². The molecule has 5 nitrogen and oxygen atoms in total. The molecule has 2 amide bonds. The number of fused-ring (bicyclic) bond motifs is 5. The zero-order chi connectivity index (χ0) is 17.5. The summed E-state index contributed by atoms with van der Waals surface area (Å²) in [4.78, 5) is 38.3. The first kappa shape index (κ1) is 17.4. The van der Waals surface area contributed by atoms with E-state index >= 15 is 0 Å². The summed E-state index contributed by atoms with van der Waals surface area (Å²) in [6.07, 6.45) is 5.81. The molecule has 2 bridgehead atoms. The van der Waals surface area contributed by atoms with Crippen LogP contribution in [0.1, 0.15) is 59.3 Å². The van der Waals surface area contributed by atoms with Crippen LogP contribution >= 0.6 is 0 Å². The van der Waals surface area contributed by atoms with Crippen LogP contribution in [0.2, 0.25) is 0 Å². The number of rotatable bonds is 4. The Morgan fingerprint density at radius 1 is 1.17 bits per heavy atom. The standard InChI is InChI=1S/C19H29NO4/c1-4-19(2,3)18(23)24-11-17(22)20-10-15-13-6-5-12(9-13)14(15)7-8-16(20)21/h12-15H,4-11H2,1-3H3. The Morgan fingerprint density at radius 3 is 2.50 bits per heavy atom. The summed E-state index contributed by atoms with van der Waals surface area (Å²) in [7, 11) is 0. The number of ether oxygens (including phenoxy) is 1. The molecule has 1 aliphatic heterocycles. The first-order chi connectivity index (χ1) is 11.3. The Labute approximate surface area is 144 Å². The van der Waals surface area contributed by atoms with Crippen molar-refractivity contribution in [1.82, 2.24) is 4.90 Å². The Kier molecular flexibility index (Phi) is 4.71. The fraction of sp³-hybridized carbons (Fsp3) is 0.842. The van der Waals surface area contributed by atoms with Gasteiger partial charge in [0.05, 0.1) is 5.41 Å². The number of carbonyl (C=O) groups excluding carboxylic acids is 3. The monoisotopic (exact) mass is 335 g/mol. The van der Waals surface area contributed by atoms with Gasteiger partial charge in [-0.05, 0) is 69.6 Å². The maximum atomic E-state index is 12.5. The highest BCUT2D eigenvalue weighted by atomic mass is 16.5. The lowest BCUT2D eigenvalue weighted by atomic mass is 9.77. The lowest BCUT2D eigenvalue weighted by Crippen LogP contribution is -2.43. The van der Waals surface area contributed by atoms with E-state index in [0.29, 0.717) is 37.1 Å². The summed E-state index contributed by atoms with van der Waals surface area (Å²) in [5, 5.41) is 0. The van der Waals surface area contributed by atoms with Crippen LogP contribution in [-0.4, -0.2) is 35.8 Å². The van der Waals surface area contributed by atoms with Crippen LogP contribution in [0.4, 0.5) is 0 Å². The van der Waals surface area contributed by atoms with Gasteiger partial charge < -0.3 is 4.74 Å². The Hall–Kier alpha value is -1.39. The fourth-order valence-corrected chi connectivity index (χ4v) is 4.79. The highest BCUT2D eigenvalue weighted by molar-refractivity contribution is 5.96. The van der Waals surface area contributed by atoms with Crippen LogP contribution in [0.25, 0.3) is 0 Å². The van der Waals surface area contributed by atoms with Crippen molar-refractivity contribution in [1.29, 1.82) is 0 Å². The Morgan fingerprint density at radius 2 is 1.83 bits per heavy atom. The van der Waals surface area contributed by atoms with Gasteiger partial charge in [0.25, 0.3) is 5.91 Å². The zero-order valence-electron chi connectivity index (χ0n) is 15.0. The number of carbonyl (C=O) groups is 3. The third-order valence-electron chi connectivity index (χ3n) is 6.72. The third-order valence-corrected chi connectivity index (χ3v) is 6.72. The molecule has 1 saturated heterocycles. The van der Waals surface area contributed by atoms with E-state index in [1.165, 1.54) is 24.2 Å². The second-order valence-corrected chi connectivity index (χ2v) is 8.41. The molecule has 0 radical (unpaired) electrons. The van der Waals surface area contributed by atoms with Crippen molar-refractivity contribution < 1.29 is 19.1 Å². The van der Waals surface area contributed by atoms with Crippen molar-refractivity contribution in [2.24, 2.45) is 29.1 Å². The first-order valence-electron chi connectivity index (χ1n) is 9.34. The highest BCUT2D eigenvalue weighted by Crippen LogP contribution is 2.54. The van der Waals surface area contributed by atoms with E-state index in [0.717, 1.165) is 12.3 Å². The molecule has 2 saturated carbocycles. The second kappa shape index (κ2) is 6.49. The number of imide groups is 1. The number of esters is 1. The van der Waals surface area contributed by atoms with Crippen molar-refractivity contribution in [2.75, 3.05) is 13.2 Å². The summed E-state index contributed by atoms with van der Waals surface area (Å²) < 4.78 is 5.19. The molecule has 4 unspecified atom stereocenters. The van der Waals surface area contributed by atoms with Crippen LogP contribution in [0.15, 0.2) is 0 Å². The molecule has 1 heterocycles. The molecule has 134 valence electrons. The molecule has 5 heteroatoms. The molecule has 0 spiro atoms. The molecule has 0 N–H and O–H groups in total. The minimum Gasteiger partial charge on any atom is -0.455 e. The minimum absolute atomic E-state index is 0.0976. The fourth-order valence-electron chi connectivity index (χ4n) is 4.79. The molecule has 0 aromatic carbocycles. The molecule has 4 atom stereocenters. The van der Waals surface area contributed by atoms with E-state index in [2.05, 4.69) is 0 Å². The minimum atomic E-state index is -0.598. The topological polar surface area (TPSA) is 63.7 Å². The first-order valence-corrected chi connectivity index (χ1v) is 9.34. The number of likely N-dealkylation sites (tertiary alicyclic amines) is 1. The smallest absolute Gasteiger partial charge is 0.312 e. The highest BCUT2D eigenvalue weighted by Gasteiger charge is 2.50. The molecule has 3 rings (SSSR count). The predicted octanol–water partition coefficient (Wildman–Crippen LogP) is 2.78. The van der Waals surface area contributed by atoms with E-state index < -0.39 is 5.41 Å². The van der Waals surface area contributed by atoms with Crippen LogP contribution in [0, 0.1) is 29.1 Å². The third kappa shape index (κ3) is 3.09. The number of hydrogen-bond acceptors (Lipinski definition) is 4. The molecule has 3 fully saturated rings. The van der Waals surface area contributed by atoms with Gasteiger partial charge in [-0.1, -0.05) is 6.92 Å². The second-order valence-electron chi connectivity index (χ2n) is 8.41.